The number of nitrogens with zero attached hydrogens (tertiary/aromatic N) is 2. The lowest BCUT2D eigenvalue weighted by atomic mass is 9.95. The minimum absolute atomic E-state index is 0.000329. The first-order valence-electron chi connectivity index (χ1n) is 7.64. The lowest BCUT2D eigenvalue weighted by Gasteiger charge is -2.40. The van der Waals surface area contributed by atoms with Crippen molar-refractivity contribution in [2.24, 2.45) is 0 Å². The standard InChI is InChI=1S/C16H22N2O3/c19-14-7-3-5-12-4-1-2-6-13(12)15(14)17-8-10-18(11-9-17)16(20)21/h1-2,4,6,14-15,19H,3,5,7-11H2,(H,20,21)/t14-,15-/m0/s1. The van der Waals surface area contributed by atoms with Crippen LogP contribution in [-0.4, -0.2) is 58.4 Å². The van der Waals surface area contributed by atoms with Crippen molar-refractivity contribution >= 4 is 6.09 Å². The summed E-state index contributed by atoms with van der Waals surface area (Å²) in [6.45, 7) is 2.40. The third-order valence-electron chi connectivity index (χ3n) is 4.66. The molecule has 5 heteroatoms. The van der Waals surface area contributed by atoms with E-state index >= 15 is 0 Å². The number of aliphatic hydroxyl groups excluding tert-OH is 1. The number of benzene rings is 1. The van der Waals surface area contributed by atoms with Crippen LogP contribution in [0.4, 0.5) is 4.79 Å². The Bertz CT molecular complexity index is 512. The number of aliphatic hydroxyl groups is 1. The summed E-state index contributed by atoms with van der Waals surface area (Å²) in [5, 5.41) is 19.6. The maximum Gasteiger partial charge on any atom is 0.407 e. The monoisotopic (exact) mass is 290 g/mol. The number of fused-ring (bicyclic) bond motifs is 1. The lowest BCUT2D eigenvalue weighted by molar-refractivity contribution is 0.0172. The Balaban J connectivity index is 1.82. The Morgan fingerprint density at radius 2 is 1.86 bits per heavy atom. The Morgan fingerprint density at radius 1 is 1.14 bits per heavy atom. The normalized spacial score (nSPS) is 27.0. The molecule has 1 aliphatic heterocycles. The summed E-state index contributed by atoms with van der Waals surface area (Å²) >= 11 is 0. The molecule has 1 heterocycles. The average molecular weight is 290 g/mol. The average Bonchev–Trinajstić information content (AvgIpc) is 2.65. The molecule has 1 aromatic carbocycles. The third kappa shape index (κ3) is 2.89. The minimum atomic E-state index is -0.850. The molecule has 2 aliphatic rings. The van der Waals surface area contributed by atoms with Gasteiger partial charge in [-0.05, 0) is 30.4 Å². The highest BCUT2D eigenvalue weighted by atomic mass is 16.4. The number of aryl methyl sites for hydroxylation is 1. The summed E-state index contributed by atoms with van der Waals surface area (Å²) in [5.41, 5.74) is 2.53. The zero-order valence-electron chi connectivity index (χ0n) is 12.1. The van der Waals surface area contributed by atoms with Crippen LogP contribution < -0.4 is 0 Å². The quantitative estimate of drug-likeness (QED) is 0.773. The van der Waals surface area contributed by atoms with Gasteiger partial charge in [-0.3, -0.25) is 4.90 Å². The van der Waals surface area contributed by atoms with E-state index in [1.54, 1.807) is 0 Å². The number of hydrogen-bond acceptors (Lipinski definition) is 3. The zero-order chi connectivity index (χ0) is 14.8. The van der Waals surface area contributed by atoms with Crippen molar-refractivity contribution in [1.82, 2.24) is 9.80 Å². The van der Waals surface area contributed by atoms with Gasteiger partial charge in [-0.2, -0.15) is 0 Å². The van der Waals surface area contributed by atoms with Crippen molar-refractivity contribution in [1.29, 1.82) is 0 Å². The molecule has 1 fully saturated rings. The molecule has 1 amide bonds. The SMILES string of the molecule is O=C(O)N1CCN([C@H]2c3ccccc3CCC[C@@H]2O)CC1. The highest BCUT2D eigenvalue weighted by molar-refractivity contribution is 5.65. The molecule has 114 valence electrons. The summed E-state index contributed by atoms with van der Waals surface area (Å²) in [7, 11) is 0. The number of carboxylic acid groups (broad SMARTS) is 1. The number of hydrogen-bond donors (Lipinski definition) is 2. The molecule has 1 saturated heterocycles. The Morgan fingerprint density at radius 3 is 2.57 bits per heavy atom. The fourth-order valence-electron chi connectivity index (χ4n) is 3.55. The van der Waals surface area contributed by atoms with Gasteiger partial charge in [0.1, 0.15) is 0 Å². The molecule has 5 nitrogen and oxygen atoms in total. The molecule has 2 N–H and O–H groups in total. The molecule has 1 aromatic rings. The van der Waals surface area contributed by atoms with Gasteiger partial charge in [-0.1, -0.05) is 24.3 Å². The Labute approximate surface area is 124 Å². The molecule has 0 bridgehead atoms. The van der Waals surface area contributed by atoms with E-state index in [1.165, 1.54) is 16.0 Å². The summed E-state index contributed by atoms with van der Waals surface area (Å²) in [5.74, 6) is 0. The molecule has 2 atom stereocenters. The van der Waals surface area contributed by atoms with Gasteiger partial charge < -0.3 is 15.1 Å². The van der Waals surface area contributed by atoms with E-state index in [0.29, 0.717) is 26.2 Å². The van der Waals surface area contributed by atoms with Gasteiger partial charge in [0.25, 0.3) is 0 Å². The van der Waals surface area contributed by atoms with E-state index in [2.05, 4.69) is 23.1 Å². The molecular weight excluding hydrogens is 268 g/mol. The van der Waals surface area contributed by atoms with E-state index in [9.17, 15) is 9.90 Å². The summed E-state index contributed by atoms with van der Waals surface area (Å²) in [6.07, 6.45) is 1.60. The number of carbonyl (C=O) groups is 1. The zero-order valence-corrected chi connectivity index (χ0v) is 12.1. The van der Waals surface area contributed by atoms with Crippen molar-refractivity contribution in [3.63, 3.8) is 0 Å². The molecule has 1 aliphatic carbocycles. The van der Waals surface area contributed by atoms with E-state index in [-0.39, 0.29) is 12.1 Å². The van der Waals surface area contributed by atoms with Gasteiger partial charge in [-0.25, -0.2) is 4.79 Å². The van der Waals surface area contributed by atoms with Gasteiger partial charge in [0.15, 0.2) is 0 Å². The van der Waals surface area contributed by atoms with Crippen LogP contribution in [0.1, 0.15) is 30.0 Å². The fourth-order valence-corrected chi connectivity index (χ4v) is 3.55. The molecule has 21 heavy (non-hydrogen) atoms. The van der Waals surface area contributed by atoms with Crippen molar-refractivity contribution in [3.05, 3.63) is 35.4 Å². The van der Waals surface area contributed by atoms with Gasteiger partial charge in [0, 0.05) is 26.2 Å². The summed E-state index contributed by atoms with van der Waals surface area (Å²) < 4.78 is 0. The van der Waals surface area contributed by atoms with Crippen LogP contribution in [0.3, 0.4) is 0 Å². The van der Waals surface area contributed by atoms with E-state index in [0.717, 1.165) is 19.3 Å². The second-order valence-electron chi connectivity index (χ2n) is 5.91. The predicted molar refractivity (Wildman–Crippen MR) is 79.3 cm³/mol. The van der Waals surface area contributed by atoms with Gasteiger partial charge in [-0.15, -0.1) is 0 Å². The van der Waals surface area contributed by atoms with Crippen molar-refractivity contribution in [2.75, 3.05) is 26.2 Å². The molecular formula is C16H22N2O3. The highest BCUT2D eigenvalue weighted by Gasteiger charge is 2.33. The maximum absolute atomic E-state index is 11.0. The van der Waals surface area contributed by atoms with Crippen LogP contribution in [0, 0.1) is 0 Å². The van der Waals surface area contributed by atoms with Crippen LogP contribution in [0.25, 0.3) is 0 Å². The first-order chi connectivity index (χ1) is 10.2. The van der Waals surface area contributed by atoms with E-state index in [4.69, 9.17) is 5.11 Å². The number of rotatable bonds is 1. The van der Waals surface area contributed by atoms with Crippen LogP contribution in [0.15, 0.2) is 24.3 Å². The Kier molecular flexibility index (Phi) is 4.12. The summed E-state index contributed by atoms with van der Waals surface area (Å²) in [6, 6.07) is 8.33. The van der Waals surface area contributed by atoms with Gasteiger partial charge >= 0.3 is 6.09 Å². The number of amides is 1. The summed E-state index contributed by atoms with van der Waals surface area (Å²) in [4.78, 5) is 14.7. The van der Waals surface area contributed by atoms with Gasteiger partial charge in [0.2, 0.25) is 0 Å². The smallest absolute Gasteiger partial charge is 0.407 e. The van der Waals surface area contributed by atoms with E-state index < -0.39 is 6.09 Å². The van der Waals surface area contributed by atoms with Crippen LogP contribution in [0.5, 0.6) is 0 Å². The van der Waals surface area contributed by atoms with Crippen molar-refractivity contribution in [3.8, 4) is 0 Å². The first-order valence-corrected chi connectivity index (χ1v) is 7.64. The molecule has 0 aromatic heterocycles. The molecule has 0 saturated carbocycles. The number of piperazine rings is 1. The Hall–Kier alpha value is -1.59. The second-order valence-corrected chi connectivity index (χ2v) is 5.91. The fraction of sp³-hybridized carbons (Fsp3) is 0.562. The largest absolute Gasteiger partial charge is 0.465 e. The second kappa shape index (κ2) is 6.03. The molecule has 0 spiro atoms. The maximum atomic E-state index is 11.0. The van der Waals surface area contributed by atoms with Crippen LogP contribution in [-0.2, 0) is 6.42 Å². The van der Waals surface area contributed by atoms with Gasteiger partial charge in [0.05, 0.1) is 12.1 Å². The molecule has 0 unspecified atom stereocenters. The lowest BCUT2D eigenvalue weighted by Crippen LogP contribution is -2.51. The van der Waals surface area contributed by atoms with E-state index in [1.807, 2.05) is 6.07 Å². The first kappa shape index (κ1) is 14.4. The van der Waals surface area contributed by atoms with Crippen LogP contribution in [0.2, 0.25) is 0 Å². The highest BCUT2D eigenvalue weighted by Crippen LogP contribution is 2.34. The minimum Gasteiger partial charge on any atom is -0.465 e. The van der Waals surface area contributed by atoms with Crippen molar-refractivity contribution in [2.45, 2.75) is 31.4 Å². The molecule has 3 rings (SSSR count). The van der Waals surface area contributed by atoms with Crippen LogP contribution >= 0.6 is 0 Å². The van der Waals surface area contributed by atoms with Crippen molar-refractivity contribution < 1.29 is 15.0 Å². The predicted octanol–water partition coefficient (Wildman–Crippen LogP) is 1.72. The molecule has 0 radical (unpaired) electrons. The topological polar surface area (TPSA) is 64.0 Å². The third-order valence-corrected chi connectivity index (χ3v) is 4.66.